The quantitative estimate of drug-likeness (QED) is 0.117. The summed E-state index contributed by atoms with van der Waals surface area (Å²) in [4.78, 5) is 58.7. The lowest BCUT2D eigenvalue weighted by molar-refractivity contribution is -0.143. The van der Waals surface area contributed by atoms with E-state index in [0.29, 0.717) is 12.2 Å². The van der Waals surface area contributed by atoms with E-state index in [1.807, 2.05) is 11.6 Å². The number of carboxylic acid groups (broad SMARTS) is 2. The second kappa shape index (κ2) is 14.9. The van der Waals surface area contributed by atoms with Crippen LogP contribution in [0.2, 0.25) is 0 Å². The molecule has 0 aliphatic rings. The molecule has 0 saturated carbocycles. The van der Waals surface area contributed by atoms with Crippen LogP contribution in [-0.4, -0.2) is 93.5 Å². The largest absolute Gasteiger partial charge is 0.481 e. The lowest BCUT2D eigenvalue weighted by Gasteiger charge is -2.24. The minimum absolute atomic E-state index is 0.220. The first-order chi connectivity index (χ1) is 14.1. The minimum atomic E-state index is -1.58. The Labute approximate surface area is 183 Å². The number of carbonyl (C=O) groups is 5. The summed E-state index contributed by atoms with van der Waals surface area (Å²) in [5.74, 6) is -4.69. The van der Waals surface area contributed by atoms with Crippen LogP contribution >= 0.6 is 24.4 Å². The molecule has 0 fully saturated rings. The van der Waals surface area contributed by atoms with Crippen molar-refractivity contribution in [2.45, 2.75) is 43.4 Å². The summed E-state index contributed by atoms with van der Waals surface area (Å²) in [7, 11) is 0. The average Bonchev–Trinajstić information content (AvgIpc) is 2.70. The second-order valence-corrected chi connectivity index (χ2v) is 7.56. The van der Waals surface area contributed by atoms with Crippen molar-refractivity contribution in [3.63, 3.8) is 0 Å². The predicted molar refractivity (Wildman–Crippen MR) is 112 cm³/mol. The van der Waals surface area contributed by atoms with Crippen molar-refractivity contribution < 1.29 is 39.3 Å². The lowest BCUT2D eigenvalue weighted by Crippen LogP contribution is -2.58. The fraction of sp³-hybridized carbons (Fsp3) is 0.688. The summed E-state index contributed by atoms with van der Waals surface area (Å²) in [5, 5.41) is 33.5. The predicted octanol–water partition coefficient (Wildman–Crippen LogP) is -2.61. The van der Waals surface area contributed by atoms with Gasteiger partial charge in [-0.1, -0.05) is 0 Å². The van der Waals surface area contributed by atoms with E-state index in [1.165, 1.54) is 11.8 Å². The molecule has 0 rings (SSSR count). The third-order valence-corrected chi connectivity index (χ3v) is 4.87. The minimum Gasteiger partial charge on any atom is -0.481 e. The van der Waals surface area contributed by atoms with Crippen LogP contribution in [0.5, 0.6) is 0 Å². The highest BCUT2D eigenvalue weighted by atomic mass is 32.2. The number of carbonyl (C=O) groups excluding carboxylic acids is 3. The van der Waals surface area contributed by atoms with Gasteiger partial charge in [0.05, 0.1) is 12.6 Å². The third kappa shape index (κ3) is 10.7. The molecular formula is C16H28N4O8S2. The molecule has 172 valence electrons. The number of aliphatic hydroxyl groups excluding tert-OH is 1. The van der Waals surface area contributed by atoms with E-state index in [4.69, 9.17) is 21.1 Å². The molecule has 0 radical (unpaired) electrons. The second-order valence-electron chi connectivity index (χ2n) is 6.21. The molecule has 4 atom stereocenters. The Morgan fingerprint density at radius 2 is 1.47 bits per heavy atom. The smallest absolute Gasteiger partial charge is 0.328 e. The average molecular weight is 469 g/mol. The normalized spacial score (nSPS) is 14.7. The molecule has 0 aliphatic heterocycles. The first-order valence-corrected chi connectivity index (χ1v) is 10.9. The van der Waals surface area contributed by atoms with E-state index in [0.717, 1.165) is 0 Å². The van der Waals surface area contributed by atoms with E-state index in [9.17, 15) is 24.0 Å². The van der Waals surface area contributed by atoms with Crippen molar-refractivity contribution in [2.24, 2.45) is 5.73 Å². The molecule has 0 spiro atoms. The standard InChI is InChI=1S/C16H28N4O8S2/c1-30-5-4-8(17)13(24)18-9(2-3-12(22)23)14(25)20-11(7-29)15(26)19-10(6-21)16(27)28/h8-11,21,29H,2-7,17H2,1H3,(H,18,24)(H,19,26)(H,20,25)(H,22,23)(H,27,28). The number of thioether (sulfide) groups is 1. The third-order valence-electron chi connectivity index (χ3n) is 3.86. The van der Waals surface area contributed by atoms with Crippen LogP contribution in [0.4, 0.5) is 0 Å². The number of aliphatic carboxylic acids is 2. The number of nitrogens with two attached hydrogens (primary N) is 1. The zero-order chi connectivity index (χ0) is 23.3. The van der Waals surface area contributed by atoms with Gasteiger partial charge in [0.2, 0.25) is 17.7 Å². The highest BCUT2D eigenvalue weighted by Crippen LogP contribution is 2.04. The van der Waals surface area contributed by atoms with Crippen molar-refractivity contribution in [2.75, 3.05) is 24.4 Å². The summed E-state index contributed by atoms with van der Waals surface area (Å²) in [6, 6.07) is -5.04. The van der Waals surface area contributed by atoms with Gasteiger partial charge >= 0.3 is 11.9 Å². The Kier molecular flexibility index (Phi) is 13.9. The Morgan fingerprint density at radius 1 is 0.933 bits per heavy atom. The first kappa shape index (κ1) is 28.0. The van der Waals surface area contributed by atoms with Crippen molar-refractivity contribution in [3.05, 3.63) is 0 Å². The van der Waals surface area contributed by atoms with Gasteiger partial charge in [-0.05, 0) is 24.9 Å². The van der Waals surface area contributed by atoms with Gasteiger partial charge in [-0.2, -0.15) is 24.4 Å². The van der Waals surface area contributed by atoms with Crippen LogP contribution < -0.4 is 21.7 Å². The monoisotopic (exact) mass is 468 g/mol. The number of carboxylic acids is 2. The summed E-state index contributed by atoms with van der Waals surface area (Å²) in [6.07, 6.45) is 1.50. The number of hydrogen-bond acceptors (Lipinski definition) is 9. The summed E-state index contributed by atoms with van der Waals surface area (Å²) in [5.41, 5.74) is 5.75. The van der Waals surface area contributed by atoms with Crippen LogP contribution in [0.1, 0.15) is 19.3 Å². The fourth-order valence-corrected chi connectivity index (χ4v) is 2.86. The molecule has 12 nitrogen and oxygen atoms in total. The number of rotatable bonds is 15. The van der Waals surface area contributed by atoms with E-state index >= 15 is 0 Å². The maximum absolute atomic E-state index is 12.5. The topological polar surface area (TPSA) is 208 Å². The van der Waals surface area contributed by atoms with Gasteiger partial charge < -0.3 is 37.0 Å². The molecule has 4 unspecified atom stereocenters. The van der Waals surface area contributed by atoms with Gasteiger partial charge in [0.25, 0.3) is 0 Å². The molecule has 0 aromatic rings. The number of aliphatic hydroxyl groups is 1. The zero-order valence-corrected chi connectivity index (χ0v) is 18.1. The molecule has 0 aliphatic carbocycles. The van der Waals surface area contributed by atoms with E-state index in [-0.39, 0.29) is 12.2 Å². The van der Waals surface area contributed by atoms with Crippen LogP contribution in [0.25, 0.3) is 0 Å². The van der Waals surface area contributed by atoms with Crippen LogP contribution in [0.15, 0.2) is 0 Å². The fourth-order valence-electron chi connectivity index (χ4n) is 2.12. The van der Waals surface area contributed by atoms with Crippen molar-refractivity contribution in [3.8, 4) is 0 Å². The molecule has 8 N–H and O–H groups in total. The summed E-state index contributed by atoms with van der Waals surface area (Å²) in [6.45, 7) is -0.862. The Bertz CT molecular complexity index is 622. The SMILES string of the molecule is CSCCC(N)C(=O)NC(CCC(=O)O)C(=O)NC(CS)C(=O)NC(CO)C(=O)O. The van der Waals surface area contributed by atoms with Gasteiger partial charge in [0.15, 0.2) is 0 Å². The number of thiol groups is 1. The van der Waals surface area contributed by atoms with Gasteiger partial charge in [-0.3, -0.25) is 19.2 Å². The zero-order valence-electron chi connectivity index (χ0n) is 16.4. The Hall–Kier alpha value is -2.03. The Morgan fingerprint density at radius 3 is 1.93 bits per heavy atom. The van der Waals surface area contributed by atoms with Crippen molar-refractivity contribution >= 4 is 54.1 Å². The van der Waals surface area contributed by atoms with Gasteiger partial charge in [-0.15, -0.1) is 0 Å². The molecule has 0 aromatic carbocycles. The molecule has 30 heavy (non-hydrogen) atoms. The molecule has 14 heteroatoms. The first-order valence-electron chi connectivity index (χ1n) is 8.89. The summed E-state index contributed by atoms with van der Waals surface area (Å²) >= 11 is 5.42. The van der Waals surface area contributed by atoms with Crippen LogP contribution in [-0.2, 0) is 24.0 Å². The van der Waals surface area contributed by atoms with E-state index in [1.54, 1.807) is 0 Å². The highest BCUT2D eigenvalue weighted by Gasteiger charge is 2.29. The number of nitrogens with one attached hydrogen (secondary N) is 3. The molecule has 3 amide bonds. The Balaban J connectivity index is 5.17. The highest BCUT2D eigenvalue weighted by molar-refractivity contribution is 7.98. The molecular weight excluding hydrogens is 440 g/mol. The molecule has 0 bridgehead atoms. The van der Waals surface area contributed by atoms with E-state index in [2.05, 4.69) is 23.3 Å². The number of amides is 3. The maximum atomic E-state index is 12.5. The molecule has 0 aromatic heterocycles. The van der Waals surface area contributed by atoms with Gasteiger partial charge in [0, 0.05) is 12.2 Å². The maximum Gasteiger partial charge on any atom is 0.328 e. The lowest BCUT2D eigenvalue weighted by atomic mass is 10.1. The van der Waals surface area contributed by atoms with Gasteiger partial charge in [0.1, 0.15) is 18.1 Å². The van der Waals surface area contributed by atoms with Crippen LogP contribution in [0.3, 0.4) is 0 Å². The van der Waals surface area contributed by atoms with Crippen molar-refractivity contribution in [1.82, 2.24) is 16.0 Å². The summed E-state index contributed by atoms with van der Waals surface area (Å²) < 4.78 is 0. The van der Waals surface area contributed by atoms with Crippen LogP contribution in [0, 0.1) is 0 Å². The number of hydrogen-bond donors (Lipinski definition) is 8. The molecule has 0 heterocycles. The molecule has 0 saturated heterocycles. The van der Waals surface area contributed by atoms with Gasteiger partial charge in [-0.25, -0.2) is 4.79 Å². The van der Waals surface area contributed by atoms with Crippen molar-refractivity contribution in [1.29, 1.82) is 0 Å². The van der Waals surface area contributed by atoms with E-state index < -0.39 is 66.9 Å².